The molecule has 2 N–H and O–H groups in total. The van der Waals surface area contributed by atoms with Gasteiger partial charge in [0.1, 0.15) is 11.6 Å². The fourth-order valence-electron chi connectivity index (χ4n) is 1.87. The summed E-state index contributed by atoms with van der Waals surface area (Å²) in [6.07, 6.45) is 1.07. The van der Waals surface area contributed by atoms with E-state index in [1.54, 1.807) is 14.0 Å². The van der Waals surface area contributed by atoms with Crippen LogP contribution in [0.2, 0.25) is 0 Å². The molecule has 0 aliphatic heterocycles. The van der Waals surface area contributed by atoms with Crippen molar-refractivity contribution in [2.75, 3.05) is 27.4 Å². The first kappa shape index (κ1) is 20.7. The minimum absolute atomic E-state index is 0.0135. The lowest BCUT2D eigenvalue weighted by atomic mass is 10.1. The Hall–Kier alpha value is -1.34. The second-order valence-electron chi connectivity index (χ2n) is 6.13. The molecule has 7 nitrogen and oxygen atoms in total. The molecule has 0 bridgehead atoms. The maximum atomic E-state index is 11.5. The molecule has 130 valence electrons. The second-order valence-corrected chi connectivity index (χ2v) is 6.13. The molecule has 7 heteroatoms. The van der Waals surface area contributed by atoms with Crippen molar-refractivity contribution < 1.29 is 23.8 Å². The van der Waals surface area contributed by atoms with Gasteiger partial charge < -0.3 is 19.5 Å². The van der Waals surface area contributed by atoms with Crippen LogP contribution in [0.4, 0.5) is 4.79 Å². The zero-order valence-electron chi connectivity index (χ0n) is 14.5. The molecule has 0 heterocycles. The number of carbonyl (C=O) groups excluding carboxylic acids is 2. The van der Waals surface area contributed by atoms with Crippen molar-refractivity contribution in [2.45, 2.75) is 58.2 Å². The molecule has 0 rings (SSSR count). The van der Waals surface area contributed by atoms with Crippen LogP contribution in [0.1, 0.15) is 40.5 Å². The molecule has 22 heavy (non-hydrogen) atoms. The average molecular weight is 318 g/mol. The Kier molecular flexibility index (Phi) is 9.76. The van der Waals surface area contributed by atoms with Gasteiger partial charge in [-0.3, -0.25) is 10.1 Å². The van der Waals surface area contributed by atoms with Crippen molar-refractivity contribution in [3.05, 3.63) is 0 Å². The molecule has 0 radical (unpaired) electrons. The predicted molar refractivity (Wildman–Crippen MR) is 83.7 cm³/mol. The summed E-state index contributed by atoms with van der Waals surface area (Å²) >= 11 is 0. The second kappa shape index (κ2) is 10.4. The van der Waals surface area contributed by atoms with Crippen molar-refractivity contribution in [1.82, 2.24) is 10.6 Å². The van der Waals surface area contributed by atoms with Crippen LogP contribution in [0.5, 0.6) is 0 Å². The number of ether oxygens (including phenoxy) is 3. The molecular formula is C15H30N2O5. The third-order valence-corrected chi connectivity index (χ3v) is 2.81. The summed E-state index contributed by atoms with van der Waals surface area (Å²) in [5, 5.41) is 5.85. The highest BCUT2D eigenvalue weighted by molar-refractivity contribution is 5.75. The average Bonchev–Trinajstić information content (AvgIpc) is 2.40. The third kappa shape index (κ3) is 10.4. The molecule has 0 spiro atoms. The van der Waals surface area contributed by atoms with E-state index in [-0.39, 0.29) is 12.0 Å². The summed E-state index contributed by atoms with van der Waals surface area (Å²) in [7, 11) is 2.97. The first-order chi connectivity index (χ1) is 10.2. The van der Waals surface area contributed by atoms with E-state index in [1.165, 1.54) is 7.11 Å². The molecule has 0 aliphatic rings. The minimum Gasteiger partial charge on any atom is -0.468 e. The van der Waals surface area contributed by atoms with Crippen molar-refractivity contribution in [3.8, 4) is 0 Å². The Bertz CT molecular complexity index is 341. The fraction of sp³-hybridized carbons (Fsp3) is 0.867. The van der Waals surface area contributed by atoms with Gasteiger partial charge in [0.2, 0.25) is 0 Å². The third-order valence-electron chi connectivity index (χ3n) is 2.81. The SMILES string of the molecule is COCC(CCCNC(=O)OC(C)(C)C)N[C@@H](C)C(=O)OC. The molecule has 0 saturated carbocycles. The number of amides is 1. The van der Waals surface area contributed by atoms with Crippen LogP contribution in [0.15, 0.2) is 0 Å². The summed E-state index contributed by atoms with van der Waals surface area (Å²) in [4.78, 5) is 22.9. The summed E-state index contributed by atoms with van der Waals surface area (Å²) in [5.41, 5.74) is -0.500. The fourth-order valence-corrected chi connectivity index (χ4v) is 1.87. The van der Waals surface area contributed by atoms with Crippen LogP contribution in [0.3, 0.4) is 0 Å². The van der Waals surface area contributed by atoms with Crippen LogP contribution in [-0.2, 0) is 19.0 Å². The monoisotopic (exact) mass is 318 g/mol. The lowest BCUT2D eigenvalue weighted by molar-refractivity contribution is -0.143. The summed E-state index contributed by atoms with van der Waals surface area (Å²) < 4.78 is 15.0. The lowest BCUT2D eigenvalue weighted by Gasteiger charge is -2.22. The molecule has 0 aromatic carbocycles. The molecule has 0 aromatic heterocycles. The highest BCUT2D eigenvalue weighted by atomic mass is 16.6. The minimum atomic E-state index is -0.500. The topological polar surface area (TPSA) is 85.9 Å². The number of rotatable bonds is 9. The van der Waals surface area contributed by atoms with Crippen molar-refractivity contribution in [1.29, 1.82) is 0 Å². The number of nitrogens with one attached hydrogen (secondary N) is 2. The van der Waals surface area contributed by atoms with Gasteiger partial charge in [0, 0.05) is 19.7 Å². The number of alkyl carbamates (subject to hydrolysis) is 1. The number of carbonyl (C=O) groups is 2. The van der Waals surface area contributed by atoms with Gasteiger partial charge in [-0.15, -0.1) is 0 Å². The van der Waals surface area contributed by atoms with Crippen LogP contribution in [0.25, 0.3) is 0 Å². The van der Waals surface area contributed by atoms with Crippen molar-refractivity contribution in [3.63, 3.8) is 0 Å². The number of esters is 1. The van der Waals surface area contributed by atoms with Crippen molar-refractivity contribution >= 4 is 12.1 Å². The molecule has 0 fully saturated rings. The first-order valence-corrected chi connectivity index (χ1v) is 7.49. The first-order valence-electron chi connectivity index (χ1n) is 7.49. The largest absolute Gasteiger partial charge is 0.468 e. The Labute approximate surface area is 133 Å². The van der Waals surface area contributed by atoms with Crippen LogP contribution < -0.4 is 10.6 Å². The summed E-state index contributed by atoms with van der Waals surface area (Å²) in [5.74, 6) is -0.312. The van der Waals surface area contributed by atoms with Gasteiger partial charge in [-0.1, -0.05) is 0 Å². The number of hydrogen-bond acceptors (Lipinski definition) is 6. The normalized spacial score (nSPS) is 14.1. The zero-order valence-corrected chi connectivity index (χ0v) is 14.5. The molecule has 0 aromatic rings. The Morgan fingerprint density at radius 2 is 1.82 bits per heavy atom. The van der Waals surface area contributed by atoms with E-state index in [1.807, 2.05) is 20.8 Å². The molecule has 0 aliphatic carbocycles. The quantitative estimate of drug-likeness (QED) is 0.494. The van der Waals surface area contributed by atoms with Gasteiger partial charge in [0.05, 0.1) is 13.7 Å². The smallest absolute Gasteiger partial charge is 0.407 e. The standard InChI is InChI=1S/C15H30N2O5/c1-11(13(18)21-6)17-12(10-20-5)8-7-9-16-14(19)22-15(2,3)4/h11-12,17H,7-10H2,1-6H3,(H,16,19)/t11-,12?/m0/s1. The van der Waals surface area contributed by atoms with Gasteiger partial charge in [0.15, 0.2) is 0 Å². The predicted octanol–water partition coefficient (Wildman–Crippen LogP) is 1.46. The van der Waals surface area contributed by atoms with E-state index >= 15 is 0 Å². The van der Waals surface area contributed by atoms with E-state index in [0.717, 1.165) is 12.8 Å². The molecule has 0 saturated heterocycles. The van der Waals surface area contributed by atoms with Gasteiger partial charge in [-0.25, -0.2) is 4.79 Å². The summed E-state index contributed by atoms with van der Waals surface area (Å²) in [6, 6.07) is -0.386. The Morgan fingerprint density at radius 3 is 2.32 bits per heavy atom. The van der Waals surface area contributed by atoms with E-state index < -0.39 is 17.7 Å². The van der Waals surface area contributed by atoms with E-state index in [4.69, 9.17) is 9.47 Å². The van der Waals surface area contributed by atoms with E-state index in [2.05, 4.69) is 15.4 Å². The van der Waals surface area contributed by atoms with Crippen LogP contribution in [0, 0.1) is 0 Å². The maximum absolute atomic E-state index is 11.5. The zero-order chi connectivity index (χ0) is 17.2. The highest BCUT2D eigenvalue weighted by Crippen LogP contribution is 2.06. The number of hydrogen-bond donors (Lipinski definition) is 2. The Balaban J connectivity index is 4.05. The Morgan fingerprint density at radius 1 is 1.18 bits per heavy atom. The van der Waals surface area contributed by atoms with Gasteiger partial charge in [-0.05, 0) is 40.5 Å². The molecule has 1 unspecified atom stereocenters. The summed E-state index contributed by atoms with van der Waals surface area (Å²) in [6.45, 7) is 8.18. The van der Waals surface area contributed by atoms with E-state index in [9.17, 15) is 9.59 Å². The van der Waals surface area contributed by atoms with Gasteiger partial charge in [0.25, 0.3) is 0 Å². The number of methoxy groups -OCH3 is 2. The van der Waals surface area contributed by atoms with Crippen LogP contribution >= 0.6 is 0 Å². The van der Waals surface area contributed by atoms with Crippen LogP contribution in [-0.4, -0.2) is 57.1 Å². The molecule has 2 atom stereocenters. The van der Waals surface area contributed by atoms with Crippen molar-refractivity contribution in [2.24, 2.45) is 0 Å². The van der Waals surface area contributed by atoms with E-state index in [0.29, 0.717) is 13.2 Å². The lowest BCUT2D eigenvalue weighted by Crippen LogP contribution is -2.44. The highest BCUT2D eigenvalue weighted by Gasteiger charge is 2.19. The van der Waals surface area contributed by atoms with Gasteiger partial charge in [-0.2, -0.15) is 0 Å². The van der Waals surface area contributed by atoms with Gasteiger partial charge >= 0.3 is 12.1 Å². The maximum Gasteiger partial charge on any atom is 0.407 e. The molecular weight excluding hydrogens is 288 g/mol. The molecule has 1 amide bonds.